The Balaban J connectivity index is 0. The van der Waals surface area contributed by atoms with Crippen molar-refractivity contribution in [2.24, 2.45) is 0 Å². The Bertz CT molecular complexity index is 92.3. The number of hydrogen-bond acceptors (Lipinski definition) is 5. The first-order valence-corrected chi connectivity index (χ1v) is 2.53. The fourth-order valence-electron chi connectivity index (χ4n) is 0. The molecule has 0 radical (unpaired) electrons. The van der Waals surface area contributed by atoms with Crippen LogP contribution in [0.25, 0.3) is 0 Å². The Hall–Kier alpha value is -0.690. The Kier molecular flexibility index (Phi) is 6.16. The summed E-state index contributed by atoms with van der Waals surface area (Å²) in [6, 6.07) is 0. The number of carbonyl (C=O) groups is 1. The molecule has 0 saturated carbocycles. The van der Waals surface area contributed by atoms with Crippen molar-refractivity contribution in [3.05, 3.63) is 0 Å². The Labute approximate surface area is 58.0 Å². The van der Waals surface area contributed by atoms with Gasteiger partial charge in [-0.3, -0.25) is 0 Å². The molecule has 0 aliphatic heterocycles. The highest BCUT2D eigenvalue weighted by molar-refractivity contribution is 5.60. The molecule has 0 saturated heterocycles. The van der Waals surface area contributed by atoms with E-state index in [0.717, 1.165) is 6.92 Å². The van der Waals surface area contributed by atoms with E-state index in [9.17, 15) is 0 Å². The molecule has 0 bridgehead atoms. The minimum absolute atomic E-state index is 0.125. The number of carbonyl (C=O) groups excluding carboxylic acids is 1. The first-order chi connectivity index (χ1) is 4.29. The first-order valence-electron chi connectivity index (χ1n) is 2.53. The highest BCUT2D eigenvalue weighted by atomic mass is 17.1. The molecule has 0 aromatic heterocycles. The third-order valence-corrected chi connectivity index (χ3v) is 0.424. The maximum atomic E-state index is 8.89. The smallest absolute Gasteiger partial charge is 0.174 e. The van der Waals surface area contributed by atoms with Crippen LogP contribution in [0.1, 0.15) is 13.8 Å². The van der Waals surface area contributed by atoms with Gasteiger partial charge in [-0.25, -0.2) is 0 Å². The fraction of sp³-hybridized carbons (Fsp3) is 0.750. The lowest BCUT2D eigenvalue weighted by atomic mass is 10.8. The van der Waals surface area contributed by atoms with E-state index in [1.807, 2.05) is 0 Å². The summed E-state index contributed by atoms with van der Waals surface area (Å²) in [5.74, 6) is -1.08. The lowest BCUT2D eigenvalue weighted by Gasteiger charge is -2.06. The minimum atomic E-state index is -1.93. The molecule has 6 heteroatoms. The molecule has 0 amide bonds. The van der Waals surface area contributed by atoms with Gasteiger partial charge in [-0.15, -0.1) is 15.6 Å². The van der Waals surface area contributed by atoms with Crippen molar-refractivity contribution in [2.75, 3.05) is 6.54 Å². The number of hydroxylamine groups is 3. The maximum Gasteiger partial charge on any atom is 0.174 e. The molecule has 0 unspecified atom stereocenters. The molecule has 0 fully saturated rings. The van der Waals surface area contributed by atoms with Crippen molar-refractivity contribution < 1.29 is 30.5 Å². The van der Waals surface area contributed by atoms with Crippen molar-refractivity contribution >= 4 is 5.97 Å². The van der Waals surface area contributed by atoms with Gasteiger partial charge in [0.15, 0.2) is 6.54 Å². The fourth-order valence-corrected chi connectivity index (χ4v) is 0. The van der Waals surface area contributed by atoms with E-state index >= 15 is 0 Å². The van der Waals surface area contributed by atoms with E-state index in [0.29, 0.717) is 0 Å². The average molecular weight is 153 g/mol. The average Bonchev–Trinajstić information content (AvgIpc) is 1.63. The van der Waals surface area contributed by atoms with Crippen LogP contribution in [0.3, 0.4) is 0 Å². The van der Waals surface area contributed by atoms with Crippen LogP contribution >= 0.6 is 0 Å². The van der Waals surface area contributed by atoms with Gasteiger partial charge in [0.1, 0.15) is 0 Å². The van der Waals surface area contributed by atoms with Crippen LogP contribution in [-0.2, 0) is 4.79 Å². The van der Waals surface area contributed by atoms with Crippen molar-refractivity contribution in [3.8, 4) is 0 Å². The zero-order valence-electron chi connectivity index (χ0n) is 5.81. The third-order valence-electron chi connectivity index (χ3n) is 0.424. The van der Waals surface area contributed by atoms with E-state index in [1.165, 1.54) is 6.92 Å². The van der Waals surface area contributed by atoms with Crippen molar-refractivity contribution in [1.29, 1.82) is 0 Å². The van der Waals surface area contributed by atoms with Crippen molar-refractivity contribution in [2.45, 2.75) is 13.8 Å². The number of carboxylic acid groups (broad SMARTS) is 1. The van der Waals surface area contributed by atoms with Gasteiger partial charge in [0.2, 0.25) is 0 Å². The van der Waals surface area contributed by atoms with Gasteiger partial charge in [-0.05, 0) is 13.8 Å². The molecule has 3 N–H and O–H groups in total. The molecule has 62 valence electrons. The van der Waals surface area contributed by atoms with Gasteiger partial charge in [0, 0.05) is 5.97 Å². The van der Waals surface area contributed by atoms with Gasteiger partial charge in [-0.1, -0.05) is 0 Å². The molecule has 0 aromatic carbocycles. The van der Waals surface area contributed by atoms with Crippen molar-refractivity contribution in [3.63, 3.8) is 0 Å². The number of quaternary nitrogens is 1. The Morgan fingerprint density at radius 3 is 1.60 bits per heavy atom. The quantitative estimate of drug-likeness (QED) is 0.322. The molecule has 0 aliphatic carbocycles. The third kappa shape index (κ3) is 54.5. The molecular formula is C4H11NO5. The van der Waals surface area contributed by atoms with Crippen LogP contribution in [0.2, 0.25) is 0 Å². The van der Waals surface area contributed by atoms with E-state index in [2.05, 4.69) is 0 Å². The lowest BCUT2D eigenvalue weighted by molar-refractivity contribution is -1.37. The van der Waals surface area contributed by atoms with E-state index in [1.54, 1.807) is 0 Å². The van der Waals surface area contributed by atoms with Crippen molar-refractivity contribution in [1.82, 2.24) is 0 Å². The van der Waals surface area contributed by atoms with Crippen LogP contribution in [0.4, 0.5) is 0 Å². The summed E-state index contributed by atoms with van der Waals surface area (Å²) in [6.07, 6.45) is 0. The van der Waals surface area contributed by atoms with E-state index in [-0.39, 0.29) is 6.54 Å². The van der Waals surface area contributed by atoms with Crippen LogP contribution in [0.5, 0.6) is 0 Å². The van der Waals surface area contributed by atoms with E-state index in [4.69, 9.17) is 25.5 Å². The molecule has 0 aliphatic rings. The second-order valence-electron chi connectivity index (χ2n) is 1.50. The number of nitrogens with zero attached hydrogens (tertiary/aromatic N) is 1. The predicted molar refractivity (Wildman–Crippen MR) is 26.8 cm³/mol. The highest BCUT2D eigenvalue weighted by Gasteiger charge is 2.11. The number of rotatable bonds is 1. The normalized spacial score (nSPS) is 9.70. The number of carboxylic acids is 1. The van der Waals surface area contributed by atoms with Gasteiger partial charge < -0.3 is 9.90 Å². The molecule has 0 aromatic rings. The minimum Gasteiger partial charge on any atom is -0.550 e. The molecular weight excluding hydrogens is 142 g/mol. The lowest BCUT2D eigenvalue weighted by Crippen LogP contribution is -2.36. The van der Waals surface area contributed by atoms with Gasteiger partial charge in [-0.2, -0.15) is 0 Å². The molecule has 0 atom stereocenters. The largest absolute Gasteiger partial charge is 0.550 e. The maximum absolute atomic E-state index is 8.89. The number of aliphatic carboxylic acids is 1. The summed E-state index contributed by atoms with van der Waals surface area (Å²) in [5.41, 5.74) is 0. The summed E-state index contributed by atoms with van der Waals surface area (Å²) in [5, 5.41) is 32.5. The molecule has 0 rings (SSSR count). The predicted octanol–water partition coefficient (Wildman–Crippen LogP) is -1.25. The zero-order chi connectivity index (χ0) is 8.78. The van der Waals surface area contributed by atoms with Crippen LogP contribution in [0, 0.1) is 0 Å². The summed E-state index contributed by atoms with van der Waals surface area (Å²) in [7, 11) is 0. The summed E-state index contributed by atoms with van der Waals surface area (Å²) >= 11 is 0. The molecule has 6 nitrogen and oxygen atoms in total. The standard InChI is InChI=1S/C2H8NO3.C2H4O2/c1-2-3(4,5)6;1-2(3)4/h4-6H,2H2,1H3;1H3,(H,3,4)/q+1;/p-1. The SMILES string of the molecule is CC(=O)[O-].CC[N+](O)(O)O. The second-order valence-corrected chi connectivity index (χ2v) is 1.50. The second kappa shape index (κ2) is 5.12. The van der Waals surface area contributed by atoms with Gasteiger partial charge in [0.25, 0.3) is 0 Å². The topological polar surface area (TPSA) is 101 Å². The first kappa shape index (κ1) is 12.0. The summed E-state index contributed by atoms with van der Waals surface area (Å²) in [6.45, 7) is 2.28. The highest BCUT2D eigenvalue weighted by Crippen LogP contribution is 1.81. The zero-order valence-corrected chi connectivity index (χ0v) is 5.81. The molecule has 0 spiro atoms. The monoisotopic (exact) mass is 153 g/mol. The van der Waals surface area contributed by atoms with E-state index < -0.39 is 10.9 Å². The van der Waals surface area contributed by atoms with Gasteiger partial charge in [0.05, 0.1) is 4.97 Å². The van der Waals surface area contributed by atoms with Crippen LogP contribution < -0.4 is 5.11 Å². The van der Waals surface area contributed by atoms with Crippen LogP contribution in [0.15, 0.2) is 0 Å². The molecule has 10 heavy (non-hydrogen) atoms. The number of hydrogen-bond donors (Lipinski definition) is 3. The molecule has 0 heterocycles. The Morgan fingerprint density at radius 2 is 1.60 bits per heavy atom. The summed E-state index contributed by atoms with van der Waals surface area (Å²) in [4.78, 5) is 6.96. The van der Waals surface area contributed by atoms with Crippen LogP contribution in [-0.4, -0.2) is 33.1 Å². The Morgan fingerprint density at radius 1 is 1.50 bits per heavy atom. The summed E-state index contributed by atoms with van der Waals surface area (Å²) < 4.78 is 0. The van der Waals surface area contributed by atoms with Gasteiger partial charge >= 0.3 is 0 Å².